The summed E-state index contributed by atoms with van der Waals surface area (Å²) in [7, 11) is 0. The van der Waals surface area contributed by atoms with Crippen LogP contribution in [0.4, 0.5) is 5.69 Å². The summed E-state index contributed by atoms with van der Waals surface area (Å²) in [6, 6.07) is 5.67. The third kappa shape index (κ3) is 4.57. The highest BCUT2D eigenvalue weighted by Gasteiger charge is 2.36. The Balaban J connectivity index is 2.04. The van der Waals surface area contributed by atoms with Gasteiger partial charge < -0.3 is 10.4 Å². The van der Waals surface area contributed by atoms with Crippen molar-refractivity contribution < 1.29 is 14.7 Å². The number of carbonyl (C=O) groups is 2. The van der Waals surface area contributed by atoms with E-state index in [-0.39, 0.29) is 24.2 Å². The van der Waals surface area contributed by atoms with Gasteiger partial charge in [0, 0.05) is 16.6 Å². The van der Waals surface area contributed by atoms with E-state index in [9.17, 15) is 9.59 Å². The molecule has 0 radical (unpaired) electrons. The Morgan fingerprint density at radius 1 is 1.23 bits per heavy atom. The van der Waals surface area contributed by atoms with Crippen molar-refractivity contribution in [1.29, 1.82) is 0 Å². The van der Waals surface area contributed by atoms with E-state index in [1.54, 1.807) is 0 Å². The molecule has 1 amide bonds. The number of hydrogen-bond donors (Lipinski definition) is 2. The minimum absolute atomic E-state index is 0.0814. The van der Waals surface area contributed by atoms with E-state index in [2.05, 4.69) is 21.2 Å². The molecule has 0 bridgehead atoms. The quantitative estimate of drug-likeness (QED) is 0.804. The number of anilines is 1. The van der Waals surface area contributed by atoms with Crippen LogP contribution in [0.2, 0.25) is 0 Å². The number of halogens is 1. The molecule has 2 N–H and O–H groups in total. The molecule has 1 aliphatic rings. The lowest BCUT2D eigenvalue weighted by Crippen LogP contribution is -2.32. The number of carboxylic acids is 1. The zero-order chi connectivity index (χ0) is 16.2. The van der Waals surface area contributed by atoms with Crippen molar-refractivity contribution in [1.82, 2.24) is 0 Å². The van der Waals surface area contributed by atoms with E-state index in [0.717, 1.165) is 47.8 Å². The molecule has 0 saturated heterocycles. The minimum atomic E-state index is -0.812. The highest BCUT2D eigenvalue weighted by atomic mass is 79.9. The maximum Gasteiger partial charge on any atom is 0.303 e. The number of carboxylic acid groups (broad SMARTS) is 1. The average molecular weight is 368 g/mol. The van der Waals surface area contributed by atoms with Gasteiger partial charge in [0.2, 0.25) is 5.91 Å². The Hall–Kier alpha value is -1.36. The zero-order valence-electron chi connectivity index (χ0n) is 12.8. The Labute approximate surface area is 139 Å². The third-order valence-electron chi connectivity index (χ3n) is 4.43. The van der Waals surface area contributed by atoms with Gasteiger partial charge in [-0.05, 0) is 42.9 Å². The van der Waals surface area contributed by atoms with Crippen molar-refractivity contribution in [3.05, 3.63) is 28.2 Å². The summed E-state index contributed by atoms with van der Waals surface area (Å²) < 4.78 is 0.947. The number of amides is 1. The van der Waals surface area contributed by atoms with Gasteiger partial charge in [-0.25, -0.2) is 0 Å². The molecule has 1 saturated carbocycles. The zero-order valence-corrected chi connectivity index (χ0v) is 14.4. The van der Waals surface area contributed by atoms with E-state index < -0.39 is 5.97 Å². The van der Waals surface area contributed by atoms with Gasteiger partial charge in [-0.1, -0.05) is 41.3 Å². The van der Waals surface area contributed by atoms with Crippen LogP contribution in [-0.2, 0) is 9.59 Å². The van der Waals surface area contributed by atoms with Crippen molar-refractivity contribution in [3.63, 3.8) is 0 Å². The lowest BCUT2D eigenvalue weighted by Gasteiger charge is -2.35. The van der Waals surface area contributed by atoms with Crippen molar-refractivity contribution in [3.8, 4) is 0 Å². The van der Waals surface area contributed by atoms with Crippen LogP contribution in [0.5, 0.6) is 0 Å². The van der Waals surface area contributed by atoms with Crippen LogP contribution < -0.4 is 5.32 Å². The summed E-state index contributed by atoms with van der Waals surface area (Å²) in [4.78, 5) is 23.5. The third-order valence-corrected chi connectivity index (χ3v) is 5.29. The normalized spacial score (nSPS) is 17.0. The van der Waals surface area contributed by atoms with Crippen molar-refractivity contribution in [2.45, 2.75) is 51.9 Å². The highest BCUT2D eigenvalue weighted by molar-refractivity contribution is 9.10. The molecule has 1 fully saturated rings. The van der Waals surface area contributed by atoms with Gasteiger partial charge in [0.05, 0.1) is 6.42 Å². The fourth-order valence-electron chi connectivity index (χ4n) is 3.26. The Morgan fingerprint density at radius 3 is 2.50 bits per heavy atom. The molecule has 120 valence electrons. The van der Waals surface area contributed by atoms with Crippen LogP contribution in [-0.4, -0.2) is 17.0 Å². The molecule has 2 rings (SSSR count). The average Bonchev–Trinajstić information content (AvgIpc) is 2.42. The largest absolute Gasteiger partial charge is 0.481 e. The summed E-state index contributed by atoms with van der Waals surface area (Å²) in [5.74, 6) is -0.910. The van der Waals surface area contributed by atoms with Gasteiger partial charge in [0.25, 0.3) is 0 Å². The summed E-state index contributed by atoms with van der Waals surface area (Å²) in [6.07, 6.45) is 5.17. The summed E-state index contributed by atoms with van der Waals surface area (Å²) in [5.41, 5.74) is 1.47. The minimum Gasteiger partial charge on any atom is -0.481 e. The number of aryl methyl sites for hydroxylation is 1. The molecule has 4 nitrogen and oxygen atoms in total. The molecule has 0 atom stereocenters. The fraction of sp³-hybridized carbons (Fsp3) is 0.529. The molecule has 0 aromatic heterocycles. The molecule has 0 heterocycles. The van der Waals surface area contributed by atoms with Crippen molar-refractivity contribution in [2.75, 3.05) is 5.32 Å². The van der Waals surface area contributed by atoms with E-state index in [0.29, 0.717) is 0 Å². The Morgan fingerprint density at radius 2 is 1.91 bits per heavy atom. The first-order chi connectivity index (χ1) is 10.4. The molecule has 0 unspecified atom stereocenters. The smallest absolute Gasteiger partial charge is 0.303 e. The topological polar surface area (TPSA) is 66.4 Å². The predicted molar refractivity (Wildman–Crippen MR) is 89.9 cm³/mol. The molecule has 1 aromatic carbocycles. The van der Waals surface area contributed by atoms with Crippen LogP contribution in [0.3, 0.4) is 0 Å². The number of hydrogen-bond acceptors (Lipinski definition) is 2. The van der Waals surface area contributed by atoms with Gasteiger partial charge in [-0.2, -0.15) is 0 Å². The van der Waals surface area contributed by atoms with E-state index in [4.69, 9.17) is 5.11 Å². The van der Waals surface area contributed by atoms with E-state index in [1.807, 2.05) is 25.1 Å². The standard InChI is InChI=1S/C17H22BrNO3/c1-12-5-6-13(9-14(12)18)19-15(20)10-17(11-16(21)22)7-3-2-4-8-17/h5-6,9H,2-4,7-8,10-11H2,1H3,(H,19,20)(H,21,22). The number of aliphatic carboxylic acids is 1. The molecule has 1 aliphatic carbocycles. The molecule has 0 aliphatic heterocycles. The Bertz CT molecular complexity index is 565. The first-order valence-electron chi connectivity index (χ1n) is 7.68. The molecule has 0 spiro atoms. The van der Waals surface area contributed by atoms with Gasteiger partial charge in [0.15, 0.2) is 0 Å². The Kier molecular flexibility index (Phi) is 5.62. The first kappa shape index (κ1) is 17.0. The van der Waals surface area contributed by atoms with E-state index in [1.165, 1.54) is 0 Å². The molecular formula is C17H22BrNO3. The summed E-state index contributed by atoms with van der Waals surface area (Å²) in [5, 5.41) is 12.1. The number of carbonyl (C=O) groups excluding carboxylic acids is 1. The lowest BCUT2D eigenvalue weighted by molar-refractivity contribution is -0.140. The maximum absolute atomic E-state index is 12.3. The van der Waals surface area contributed by atoms with Crippen molar-refractivity contribution in [2.24, 2.45) is 5.41 Å². The van der Waals surface area contributed by atoms with Crippen LogP contribution >= 0.6 is 15.9 Å². The van der Waals surface area contributed by atoms with E-state index >= 15 is 0 Å². The summed E-state index contributed by atoms with van der Waals surface area (Å²) >= 11 is 3.45. The second-order valence-electron chi connectivity index (χ2n) is 6.32. The monoisotopic (exact) mass is 367 g/mol. The molecular weight excluding hydrogens is 346 g/mol. The number of rotatable bonds is 5. The molecule has 22 heavy (non-hydrogen) atoms. The second-order valence-corrected chi connectivity index (χ2v) is 7.17. The second kappa shape index (κ2) is 7.27. The highest BCUT2D eigenvalue weighted by Crippen LogP contribution is 2.42. The van der Waals surface area contributed by atoms with Gasteiger partial charge >= 0.3 is 5.97 Å². The molecule has 5 heteroatoms. The van der Waals surface area contributed by atoms with Gasteiger partial charge in [-0.15, -0.1) is 0 Å². The number of nitrogens with one attached hydrogen (secondary N) is 1. The molecule has 1 aromatic rings. The maximum atomic E-state index is 12.3. The van der Waals surface area contributed by atoms with Crippen LogP contribution in [0.15, 0.2) is 22.7 Å². The van der Waals surface area contributed by atoms with Crippen LogP contribution in [0.1, 0.15) is 50.5 Å². The van der Waals surface area contributed by atoms with Gasteiger partial charge in [-0.3, -0.25) is 9.59 Å². The SMILES string of the molecule is Cc1ccc(NC(=O)CC2(CC(=O)O)CCCCC2)cc1Br. The first-order valence-corrected chi connectivity index (χ1v) is 8.47. The van der Waals surface area contributed by atoms with Crippen molar-refractivity contribution >= 4 is 33.5 Å². The van der Waals surface area contributed by atoms with Crippen LogP contribution in [0, 0.1) is 12.3 Å². The fourth-order valence-corrected chi connectivity index (χ4v) is 3.63. The predicted octanol–water partition coefficient (Wildman–Crippen LogP) is 4.51. The number of benzene rings is 1. The lowest BCUT2D eigenvalue weighted by atomic mass is 9.69. The van der Waals surface area contributed by atoms with Gasteiger partial charge in [0.1, 0.15) is 0 Å². The van der Waals surface area contributed by atoms with Crippen LogP contribution in [0.25, 0.3) is 0 Å². The summed E-state index contributed by atoms with van der Waals surface area (Å²) in [6.45, 7) is 1.99.